The van der Waals surface area contributed by atoms with Crippen molar-refractivity contribution in [2.45, 2.75) is 37.8 Å². The monoisotopic (exact) mass is 413 g/mol. The SMILES string of the molecule is COc1cc2nc(-c3ccc(Cl)cc3)nc(N[C@H]3CC[C@H](O)CC3)c2cc1OC. The second-order valence-corrected chi connectivity index (χ2v) is 7.71. The highest BCUT2D eigenvalue weighted by atomic mass is 35.5. The second-order valence-electron chi connectivity index (χ2n) is 7.28. The average Bonchev–Trinajstić information content (AvgIpc) is 2.74. The van der Waals surface area contributed by atoms with Crippen LogP contribution in [0.5, 0.6) is 11.5 Å². The van der Waals surface area contributed by atoms with Gasteiger partial charge in [0.15, 0.2) is 17.3 Å². The number of fused-ring (bicyclic) bond motifs is 1. The van der Waals surface area contributed by atoms with Crippen LogP contribution in [-0.2, 0) is 0 Å². The Kier molecular flexibility index (Phi) is 5.74. The summed E-state index contributed by atoms with van der Waals surface area (Å²) in [6.45, 7) is 0. The summed E-state index contributed by atoms with van der Waals surface area (Å²) in [7, 11) is 3.22. The first-order valence-electron chi connectivity index (χ1n) is 9.71. The molecule has 1 aliphatic carbocycles. The van der Waals surface area contributed by atoms with Gasteiger partial charge in [0.1, 0.15) is 5.82 Å². The van der Waals surface area contributed by atoms with E-state index in [2.05, 4.69) is 5.32 Å². The Hall–Kier alpha value is -2.57. The van der Waals surface area contributed by atoms with Gasteiger partial charge in [-0.15, -0.1) is 0 Å². The van der Waals surface area contributed by atoms with E-state index in [1.807, 2.05) is 36.4 Å². The highest BCUT2D eigenvalue weighted by Gasteiger charge is 2.21. The first kappa shape index (κ1) is 19.7. The lowest BCUT2D eigenvalue weighted by molar-refractivity contribution is 0.126. The summed E-state index contributed by atoms with van der Waals surface area (Å²) >= 11 is 6.04. The van der Waals surface area contributed by atoms with E-state index in [0.29, 0.717) is 22.3 Å². The van der Waals surface area contributed by atoms with Crippen LogP contribution in [0, 0.1) is 0 Å². The van der Waals surface area contributed by atoms with Crippen molar-refractivity contribution in [1.29, 1.82) is 0 Å². The fourth-order valence-corrected chi connectivity index (χ4v) is 3.83. The van der Waals surface area contributed by atoms with Gasteiger partial charge in [-0.25, -0.2) is 9.97 Å². The van der Waals surface area contributed by atoms with Crippen LogP contribution in [-0.4, -0.2) is 41.4 Å². The third-order valence-corrected chi connectivity index (χ3v) is 5.59. The molecule has 0 bridgehead atoms. The molecule has 29 heavy (non-hydrogen) atoms. The Morgan fingerprint density at radius 1 is 0.966 bits per heavy atom. The smallest absolute Gasteiger partial charge is 0.162 e. The Labute approximate surface area is 174 Å². The topological polar surface area (TPSA) is 76.5 Å². The highest BCUT2D eigenvalue weighted by Crippen LogP contribution is 2.36. The number of nitrogens with zero attached hydrogens (tertiary/aromatic N) is 2. The molecule has 0 aliphatic heterocycles. The largest absolute Gasteiger partial charge is 0.493 e. The summed E-state index contributed by atoms with van der Waals surface area (Å²) in [6, 6.07) is 11.5. The Balaban J connectivity index is 1.81. The van der Waals surface area contributed by atoms with Crippen LogP contribution in [0.4, 0.5) is 5.82 Å². The summed E-state index contributed by atoms with van der Waals surface area (Å²) in [5, 5.41) is 14.9. The number of hydrogen-bond donors (Lipinski definition) is 2. The minimum atomic E-state index is -0.204. The molecule has 0 spiro atoms. The maximum Gasteiger partial charge on any atom is 0.162 e. The molecule has 1 saturated carbocycles. The number of nitrogens with one attached hydrogen (secondary N) is 1. The third kappa shape index (κ3) is 4.23. The molecule has 152 valence electrons. The molecule has 3 aromatic rings. The van der Waals surface area contributed by atoms with Crippen LogP contribution in [0.3, 0.4) is 0 Å². The molecule has 1 heterocycles. The molecule has 0 atom stereocenters. The van der Waals surface area contributed by atoms with Gasteiger partial charge in [0, 0.05) is 28.1 Å². The van der Waals surface area contributed by atoms with Gasteiger partial charge in [-0.1, -0.05) is 11.6 Å². The minimum absolute atomic E-state index is 0.204. The molecule has 2 N–H and O–H groups in total. The van der Waals surface area contributed by atoms with E-state index in [4.69, 9.17) is 31.0 Å². The maximum atomic E-state index is 9.81. The molecule has 2 aromatic carbocycles. The fourth-order valence-electron chi connectivity index (χ4n) is 3.71. The van der Waals surface area contributed by atoms with E-state index < -0.39 is 0 Å². The normalized spacial score (nSPS) is 19.2. The van der Waals surface area contributed by atoms with Gasteiger partial charge in [0.25, 0.3) is 0 Å². The van der Waals surface area contributed by atoms with Gasteiger partial charge in [-0.3, -0.25) is 0 Å². The van der Waals surface area contributed by atoms with E-state index in [9.17, 15) is 5.11 Å². The number of anilines is 1. The summed E-state index contributed by atoms with van der Waals surface area (Å²) in [4.78, 5) is 9.58. The van der Waals surface area contributed by atoms with Gasteiger partial charge < -0.3 is 19.9 Å². The number of hydrogen-bond acceptors (Lipinski definition) is 6. The summed E-state index contributed by atoms with van der Waals surface area (Å²) in [5.74, 6) is 2.61. The van der Waals surface area contributed by atoms with Crippen LogP contribution < -0.4 is 14.8 Å². The standard InChI is InChI=1S/C22H24ClN3O3/c1-28-19-11-17-18(12-20(19)29-2)25-21(13-3-5-14(23)6-4-13)26-22(17)24-15-7-9-16(27)10-8-15/h3-6,11-12,15-16,27H,7-10H2,1-2H3,(H,24,25,26)/t15-,16-. The molecule has 1 aromatic heterocycles. The van der Waals surface area contributed by atoms with Crippen molar-refractivity contribution in [3.05, 3.63) is 41.4 Å². The zero-order chi connectivity index (χ0) is 20.4. The lowest BCUT2D eigenvalue weighted by Gasteiger charge is -2.27. The van der Waals surface area contributed by atoms with Crippen LogP contribution in [0.2, 0.25) is 5.02 Å². The summed E-state index contributed by atoms with van der Waals surface area (Å²) in [6.07, 6.45) is 3.18. The van der Waals surface area contributed by atoms with Crippen molar-refractivity contribution in [2.75, 3.05) is 19.5 Å². The molecular weight excluding hydrogens is 390 g/mol. The Bertz CT molecular complexity index is 1000. The molecule has 7 heteroatoms. The number of halogens is 1. The quantitative estimate of drug-likeness (QED) is 0.632. The molecule has 1 aliphatic rings. The maximum absolute atomic E-state index is 9.81. The van der Waals surface area contributed by atoms with Crippen LogP contribution in [0.1, 0.15) is 25.7 Å². The van der Waals surface area contributed by atoms with Gasteiger partial charge in [-0.2, -0.15) is 0 Å². The predicted molar refractivity (Wildman–Crippen MR) is 115 cm³/mol. The molecule has 0 radical (unpaired) electrons. The summed E-state index contributed by atoms with van der Waals surface area (Å²) in [5.41, 5.74) is 1.65. The number of benzene rings is 2. The van der Waals surface area contributed by atoms with Gasteiger partial charge >= 0.3 is 0 Å². The Morgan fingerprint density at radius 2 is 1.62 bits per heavy atom. The third-order valence-electron chi connectivity index (χ3n) is 5.34. The van der Waals surface area contributed by atoms with Crippen molar-refractivity contribution in [1.82, 2.24) is 9.97 Å². The number of aliphatic hydroxyl groups excluding tert-OH is 1. The number of aromatic nitrogens is 2. The zero-order valence-corrected chi connectivity index (χ0v) is 17.2. The number of aliphatic hydroxyl groups is 1. The molecular formula is C22H24ClN3O3. The molecule has 0 unspecified atom stereocenters. The van der Waals surface area contributed by atoms with Gasteiger partial charge in [0.05, 0.1) is 25.8 Å². The van der Waals surface area contributed by atoms with E-state index in [1.54, 1.807) is 14.2 Å². The van der Waals surface area contributed by atoms with Crippen molar-refractivity contribution < 1.29 is 14.6 Å². The molecule has 4 rings (SSSR count). The van der Waals surface area contributed by atoms with E-state index in [1.165, 1.54) is 0 Å². The van der Waals surface area contributed by atoms with E-state index >= 15 is 0 Å². The van der Waals surface area contributed by atoms with Crippen LogP contribution in [0.15, 0.2) is 36.4 Å². The zero-order valence-electron chi connectivity index (χ0n) is 16.5. The molecule has 1 fully saturated rings. The van der Waals surface area contributed by atoms with Crippen molar-refractivity contribution in [3.8, 4) is 22.9 Å². The fraction of sp³-hybridized carbons (Fsp3) is 0.364. The van der Waals surface area contributed by atoms with E-state index in [-0.39, 0.29) is 12.1 Å². The molecule has 6 nitrogen and oxygen atoms in total. The second kappa shape index (κ2) is 8.43. The first-order chi connectivity index (χ1) is 14.1. The molecule has 0 saturated heterocycles. The van der Waals surface area contributed by atoms with E-state index in [0.717, 1.165) is 48.0 Å². The van der Waals surface area contributed by atoms with Gasteiger partial charge in [-0.05, 0) is 56.0 Å². The molecule has 0 amide bonds. The van der Waals surface area contributed by atoms with Crippen LogP contribution >= 0.6 is 11.6 Å². The number of rotatable bonds is 5. The lowest BCUT2D eigenvalue weighted by Crippen LogP contribution is -2.28. The summed E-state index contributed by atoms with van der Waals surface area (Å²) < 4.78 is 10.9. The lowest BCUT2D eigenvalue weighted by atomic mass is 9.93. The highest BCUT2D eigenvalue weighted by molar-refractivity contribution is 6.30. The van der Waals surface area contributed by atoms with Crippen molar-refractivity contribution in [2.24, 2.45) is 0 Å². The minimum Gasteiger partial charge on any atom is -0.493 e. The van der Waals surface area contributed by atoms with Gasteiger partial charge in [0.2, 0.25) is 0 Å². The van der Waals surface area contributed by atoms with Crippen molar-refractivity contribution >= 4 is 28.3 Å². The average molecular weight is 414 g/mol. The predicted octanol–water partition coefficient (Wildman–Crippen LogP) is 4.68. The van der Waals surface area contributed by atoms with Crippen LogP contribution in [0.25, 0.3) is 22.3 Å². The first-order valence-corrected chi connectivity index (χ1v) is 10.1. The number of ether oxygens (including phenoxy) is 2. The van der Waals surface area contributed by atoms with Crippen molar-refractivity contribution in [3.63, 3.8) is 0 Å². The number of methoxy groups -OCH3 is 2. The Morgan fingerprint density at radius 3 is 2.28 bits per heavy atom.